The van der Waals surface area contributed by atoms with Crippen molar-refractivity contribution in [2.45, 2.75) is 58.2 Å². The Kier molecular flexibility index (Phi) is 7.82. The molecule has 1 aromatic rings. The van der Waals surface area contributed by atoms with Crippen molar-refractivity contribution in [1.82, 2.24) is 31.9 Å². The van der Waals surface area contributed by atoms with Crippen LogP contribution >= 0.6 is 0 Å². The molecule has 0 aromatic heterocycles. The predicted octanol–water partition coefficient (Wildman–Crippen LogP) is 0.151. The molecule has 0 saturated carbocycles. The fraction of sp³-hybridized carbons (Fsp3) is 0.600. The lowest BCUT2D eigenvalue weighted by molar-refractivity contribution is -0.118. The van der Waals surface area contributed by atoms with Gasteiger partial charge in [0.25, 0.3) is 0 Å². The Morgan fingerprint density at radius 3 is 2.86 bits per heavy atom. The van der Waals surface area contributed by atoms with E-state index in [-0.39, 0.29) is 30.4 Å². The van der Waals surface area contributed by atoms with Gasteiger partial charge in [-0.2, -0.15) is 0 Å². The second-order valence-corrected chi connectivity index (χ2v) is 7.76. The zero-order chi connectivity index (χ0) is 20.6. The van der Waals surface area contributed by atoms with Crippen LogP contribution in [0.15, 0.2) is 18.2 Å². The topological polar surface area (TPSA) is 118 Å². The molecule has 9 heteroatoms. The lowest BCUT2D eigenvalue weighted by Gasteiger charge is -2.36. The Balaban J connectivity index is 1.43. The molecule has 0 aliphatic carbocycles. The molecular formula is C20H33N7O2. The van der Waals surface area contributed by atoms with E-state index in [1.807, 2.05) is 6.07 Å². The summed E-state index contributed by atoms with van der Waals surface area (Å²) >= 11 is 0. The number of urea groups is 1. The van der Waals surface area contributed by atoms with Crippen molar-refractivity contribution in [2.75, 3.05) is 25.0 Å². The van der Waals surface area contributed by atoms with E-state index in [4.69, 9.17) is 0 Å². The molecule has 1 fully saturated rings. The summed E-state index contributed by atoms with van der Waals surface area (Å²) < 4.78 is 0. The first-order valence-corrected chi connectivity index (χ1v) is 10.4. The van der Waals surface area contributed by atoms with Gasteiger partial charge in [0.2, 0.25) is 5.91 Å². The van der Waals surface area contributed by atoms with Crippen molar-refractivity contribution in [2.24, 2.45) is 0 Å². The van der Waals surface area contributed by atoms with Gasteiger partial charge < -0.3 is 26.6 Å². The molecule has 160 valence electrons. The van der Waals surface area contributed by atoms with Gasteiger partial charge in [0.05, 0.1) is 6.17 Å². The number of amides is 3. The first-order valence-electron chi connectivity index (χ1n) is 10.4. The highest BCUT2D eigenvalue weighted by Gasteiger charge is 2.25. The molecule has 3 atom stereocenters. The number of nitrogens with one attached hydrogen (secondary N) is 7. The summed E-state index contributed by atoms with van der Waals surface area (Å²) in [5.41, 5.74) is 3.38. The largest absolute Gasteiger partial charge is 0.356 e. The fourth-order valence-electron chi connectivity index (χ4n) is 3.73. The molecule has 29 heavy (non-hydrogen) atoms. The predicted molar refractivity (Wildman–Crippen MR) is 113 cm³/mol. The minimum absolute atomic E-state index is 0.00974. The van der Waals surface area contributed by atoms with Gasteiger partial charge in [-0.05, 0) is 62.5 Å². The smallest absolute Gasteiger partial charge is 0.321 e. The summed E-state index contributed by atoms with van der Waals surface area (Å²) in [6, 6.07) is 6.07. The zero-order valence-electron chi connectivity index (χ0n) is 17.2. The van der Waals surface area contributed by atoms with Crippen molar-refractivity contribution in [3.05, 3.63) is 29.3 Å². The molecule has 2 heterocycles. The first kappa shape index (κ1) is 21.5. The number of carbonyl (C=O) groups excluding carboxylic acids is 2. The molecular weight excluding hydrogens is 370 g/mol. The second kappa shape index (κ2) is 10.5. The van der Waals surface area contributed by atoms with Crippen LogP contribution in [-0.4, -0.2) is 50.1 Å². The Bertz CT molecular complexity index is 712. The number of fused-ring (bicyclic) bond motifs is 1. The Labute approximate surface area is 172 Å². The van der Waals surface area contributed by atoms with E-state index in [0.29, 0.717) is 6.54 Å². The quantitative estimate of drug-likeness (QED) is 0.326. The summed E-state index contributed by atoms with van der Waals surface area (Å²) in [7, 11) is 0. The van der Waals surface area contributed by atoms with Crippen LogP contribution in [0.4, 0.5) is 10.5 Å². The highest BCUT2D eigenvalue weighted by Crippen LogP contribution is 2.19. The minimum Gasteiger partial charge on any atom is -0.356 e. The zero-order valence-corrected chi connectivity index (χ0v) is 17.2. The maximum Gasteiger partial charge on any atom is 0.321 e. The fourth-order valence-corrected chi connectivity index (χ4v) is 3.73. The molecule has 0 spiro atoms. The lowest BCUT2D eigenvalue weighted by atomic mass is 10.0. The Morgan fingerprint density at radius 2 is 2.03 bits per heavy atom. The molecule has 1 aromatic carbocycles. The summed E-state index contributed by atoms with van der Waals surface area (Å²) in [5.74, 6) is -0.00974. The van der Waals surface area contributed by atoms with Gasteiger partial charge in [-0.25, -0.2) is 4.79 Å². The summed E-state index contributed by atoms with van der Waals surface area (Å²) in [6.45, 7) is 6.91. The highest BCUT2D eigenvalue weighted by atomic mass is 16.2. The molecule has 2 aliphatic rings. The van der Waals surface area contributed by atoms with E-state index >= 15 is 0 Å². The van der Waals surface area contributed by atoms with E-state index in [1.165, 1.54) is 18.1 Å². The van der Waals surface area contributed by atoms with Crippen LogP contribution in [0.25, 0.3) is 0 Å². The molecule has 3 amide bonds. The first-order chi connectivity index (χ1) is 14.0. The summed E-state index contributed by atoms with van der Waals surface area (Å²) in [6.07, 6.45) is 2.49. The number of rotatable bonds is 7. The Hall–Kier alpha value is -2.20. The van der Waals surface area contributed by atoms with Gasteiger partial charge >= 0.3 is 6.03 Å². The minimum atomic E-state index is -0.326. The number of benzene rings is 1. The molecule has 0 radical (unpaired) electrons. The molecule has 9 nitrogen and oxygen atoms in total. The van der Waals surface area contributed by atoms with Crippen LogP contribution in [0.1, 0.15) is 37.8 Å². The van der Waals surface area contributed by atoms with Crippen molar-refractivity contribution < 1.29 is 9.59 Å². The maximum atomic E-state index is 12.4. The number of carbonyl (C=O) groups is 2. The molecule has 3 unspecified atom stereocenters. The normalized spacial score (nSPS) is 23.7. The molecule has 7 N–H and O–H groups in total. The second-order valence-electron chi connectivity index (χ2n) is 7.76. The summed E-state index contributed by atoms with van der Waals surface area (Å²) in [5, 5.41) is 22.1. The lowest BCUT2D eigenvalue weighted by Crippen LogP contribution is -2.67. The van der Waals surface area contributed by atoms with Crippen molar-refractivity contribution >= 4 is 17.6 Å². The van der Waals surface area contributed by atoms with E-state index in [9.17, 15) is 9.59 Å². The third kappa shape index (κ3) is 6.97. The van der Waals surface area contributed by atoms with Gasteiger partial charge in [0.1, 0.15) is 6.29 Å². The average Bonchev–Trinajstić information content (AvgIpc) is 2.67. The van der Waals surface area contributed by atoms with E-state index in [1.54, 1.807) is 0 Å². The molecule has 2 aliphatic heterocycles. The number of hydrogen-bond acceptors (Lipinski definition) is 6. The Morgan fingerprint density at radius 1 is 1.17 bits per heavy atom. The van der Waals surface area contributed by atoms with Crippen molar-refractivity contribution in [3.8, 4) is 0 Å². The average molecular weight is 404 g/mol. The molecule has 3 rings (SSSR count). The van der Waals surface area contributed by atoms with E-state index in [0.717, 1.165) is 44.6 Å². The van der Waals surface area contributed by atoms with Crippen LogP contribution in [0.2, 0.25) is 0 Å². The van der Waals surface area contributed by atoms with Gasteiger partial charge in [-0.15, -0.1) is 0 Å². The van der Waals surface area contributed by atoms with Gasteiger partial charge in [0.15, 0.2) is 0 Å². The summed E-state index contributed by atoms with van der Waals surface area (Å²) in [4.78, 5) is 23.3. The van der Waals surface area contributed by atoms with Gasteiger partial charge in [-0.1, -0.05) is 6.07 Å². The van der Waals surface area contributed by atoms with Crippen LogP contribution in [0.5, 0.6) is 0 Å². The highest BCUT2D eigenvalue weighted by molar-refractivity contribution is 5.89. The number of hydrogen-bond donors (Lipinski definition) is 7. The van der Waals surface area contributed by atoms with Crippen LogP contribution in [0, 0.1) is 0 Å². The molecule has 0 bridgehead atoms. The monoisotopic (exact) mass is 403 g/mol. The van der Waals surface area contributed by atoms with Gasteiger partial charge in [0, 0.05) is 31.7 Å². The van der Waals surface area contributed by atoms with Crippen molar-refractivity contribution in [3.63, 3.8) is 0 Å². The van der Waals surface area contributed by atoms with Crippen molar-refractivity contribution in [1.29, 1.82) is 0 Å². The van der Waals surface area contributed by atoms with E-state index < -0.39 is 0 Å². The van der Waals surface area contributed by atoms with Crippen LogP contribution in [-0.2, 0) is 17.8 Å². The van der Waals surface area contributed by atoms with Crippen LogP contribution in [0.3, 0.4) is 0 Å². The third-order valence-electron chi connectivity index (χ3n) is 5.15. The maximum absolute atomic E-state index is 12.4. The molecule has 1 saturated heterocycles. The SMILES string of the molecule is CC(=O)NCCCNC1CC(C)NC(NC(=O)Nc2ccc3c(c2)CCNC3)N1. The van der Waals surface area contributed by atoms with E-state index in [2.05, 4.69) is 56.3 Å². The van der Waals surface area contributed by atoms with Gasteiger partial charge in [-0.3, -0.25) is 15.4 Å². The standard InChI is InChI=1S/C20H33N7O2/c1-13-10-18(23-8-3-7-22-14(2)28)26-19(24-13)27-20(29)25-17-5-4-16-12-21-9-6-15(16)11-17/h4-5,11,13,18-19,21,23-24,26H,3,6-10,12H2,1-2H3,(H,22,28)(H2,25,27,29). The third-order valence-corrected chi connectivity index (χ3v) is 5.15. The number of anilines is 1. The van der Waals surface area contributed by atoms with Crippen LogP contribution < -0.4 is 37.2 Å².